The van der Waals surface area contributed by atoms with Crippen molar-refractivity contribution >= 4 is 17.4 Å². The van der Waals surface area contributed by atoms with E-state index in [4.69, 9.17) is 4.74 Å². The van der Waals surface area contributed by atoms with Gasteiger partial charge in [-0.25, -0.2) is 14.4 Å². The van der Waals surface area contributed by atoms with Gasteiger partial charge in [-0.3, -0.25) is 4.79 Å². The summed E-state index contributed by atoms with van der Waals surface area (Å²) >= 11 is 0. The van der Waals surface area contributed by atoms with Crippen molar-refractivity contribution in [3.05, 3.63) is 48.2 Å². The number of anilines is 2. The predicted molar refractivity (Wildman–Crippen MR) is 79.4 cm³/mol. The van der Waals surface area contributed by atoms with Crippen LogP contribution in [0.2, 0.25) is 0 Å². The van der Waals surface area contributed by atoms with Crippen LogP contribution in [-0.4, -0.2) is 42.2 Å². The molecule has 2 aromatic rings. The Hall–Kier alpha value is -2.54. The Morgan fingerprint density at radius 3 is 2.73 bits per heavy atom. The van der Waals surface area contributed by atoms with E-state index in [1.165, 1.54) is 24.4 Å². The maximum absolute atomic E-state index is 13.1. The second-order valence-corrected chi connectivity index (χ2v) is 4.82. The van der Waals surface area contributed by atoms with Crippen LogP contribution in [0.3, 0.4) is 0 Å². The zero-order chi connectivity index (χ0) is 15.4. The number of aromatic nitrogens is 2. The Balaban J connectivity index is 1.68. The van der Waals surface area contributed by atoms with E-state index < -0.39 is 11.7 Å². The van der Waals surface area contributed by atoms with E-state index in [-0.39, 0.29) is 5.69 Å². The van der Waals surface area contributed by atoms with E-state index in [0.717, 1.165) is 13.1 Å². The van der Waals surface area contributed by atoms with Gasteiger partial charge in [-0.05, 0) is 18.2 Å². The SMILES string of the molecule is O=C(Nc1cccc(F)c1)c1cnc(N2CCOCC2)cn1. The van der Waals surface area contributed by atoms with E-state index in [1.54, 1.807) is 12.3 Å². The molecule has 2 heterocycles. The number of nitrogens with one attached hydrogen (secondary N) is 1. The van der Waals surface area contributed by atoms with Crippen molar-refractivity contribution in [2.24, 2.45) is 0 Å². The first-order valence-corrected chi connectivity index (χ1v) is 6.94. The summed E-state index contributed by atoms with van der Waals surface area (Å²) in [6.45, 7) is 2.82. The molecule has 0 spiro atoms. The summed E-state index contributed by atoms with van der Waals surface area (Å²) in [5.41, 5.74) is 0.560. The third kappa shape index (κ3) is 3.37. The molecule has 1 aromatic carbocycles. The summed E-state index contributed by atoms with van der Waals surface area (Å²) in [5.74, 6) is -0.121. The molecule has 1 amide bonds. The molecule has 6 nitrogen and oxygen atoms in total. The second kappa shape index (κ2) is 6.48. The lowest BCUT2D eigenvalue weighted by Crippen LogP contribution is -2.36. The molecule has 0 radical (unpaired) electrons. The average Bonchev–Trinajstić information content (AvgIpc) is 2.56. The predicted octanol–water partition coefficient (Wildman–Crippen LogP) is 1.70. The molecule has 3 rings (SSSR count). The smallest absolute Gasteiger partial charge is 0.275 e. The monoisotopic (exact) mass is 302 g/mol. The molecule has 1 aliphatic heterocycles. The molecule has 1 aromatic heterocycles. The number of halogens is 1. The first kappa shape index (κ1) is 14.4. The molecule has 7 heteroatoms. The third-order valence-corrected chi connectivity index (χ3v) is 3.29. The Morgan fingerprint density at radius 2 is 2.05 bits per heavy atom. The van der Waals surface area contributed by atoms with Crippen molar-refractivity contribution in [3.8, 4) is 0 Å². The van der Waals surface area contributed by atoms with Gasteiger partial charge in [0.2, 0.25) is 0 Å². The molecular formula is C15H15FN4O2. The summed E-state index contributed by atoms with van der Waals surface area (Å²) < 4.78 is 18.4. The van der Waals surface area contributed by atoms with Gasteiger partial charge in [0, 0.05) is 18.8 Å². The zero-order valence-corrected chi connectivity index (χ0v) is 11.8. The Morgan fingerprint density at radius 1 is 1.23 bits per heavy atom. The van der Waals surface area contributed by atoms with E-state index in [1.807, 2.05) is 4.90 Å². The van der Waals surface area contributed by atoms with Crippen molar-refractivity contribution in [1.82, 2.24) is 9.97 Å². The normalized spacial score (nSPS) is 14.7. The lowest BCUT2D eigenvalue weighted by molar-refractivity contribution is 0.102. The summed E-state index contributed by atoms with van der Waals surface area (Å²) in [6.07, 6.45) is 2.98. The van der Waals surface area contributed by atoms with Gasteiger partial charge in [0.25, 0.3) is 5.91 Å². The van der Waals surface area contributed by atoms with Crippen LogP contribution < -0.4 is 10.2 Å². The topological polar surface area (TPSA) is 67.4 Å². The molecule has 0 saturated carbocycles. The number of carbonyl (C=O) groups excluding carboxylic acids is 1. The number of rotatable bonds is 3. The highest BCUT2D eigenvalue weighted by Crippen LogP contribution is 2.13. The fourth-order valence-corrected chi connectivity index (χ4v) is 2.16. The largest absolute Gasteiger partial charge is 0.378 e. The minimum Gasteiger partial charge on any atom is -0.378 e. The maximum atomic E-state index is 13.1. The van der Waals surface area contributed by atoms with Crippen molar-refractivity contribution in [1.29, 1.82) is 0 Å². The Kier molecular flexibility index (Phi) is 4.24. The van der Waals surface area contributed by atoms with Gasteiger partial charge >= 0.3 is 0 Å². The maximum Gasteiger partial charge on any atom is 0.275 e. The van der Waals surface area contributed by atoms with Crippen LogP contribution >= 0.6 is 0 Å². The van der Waals surface area contributed by atoms with Crippen molar-refractivity contribution in [2.45, 2.75) is 0 Å². The van der Waals surface area contributed by atoms with Gasteiger partial charge < -0.3 is 15.0 Å². The molecule has 0 bridgehead atoms. The summed E-state index contributed by atoms with van der Waals surface area (Å²) in [7, 11) is 0. The minimum absolute atomic E-state index is 0.182. The number of benzene rings is 1. The summed E-state index contributed by atoms with van der Waals surface area (Å²) in [6, 6.07) is 5.69. The number of amides is 1. The molecule has 22 heavy (non-hydrogen) atoms. The van der Waals surface area contributed by atoms with Gasteiger partial charge in [0.15, 0.2) is 0 Å². The molecule has 1 aliphatic rings. The van der Waals surface area contributed by atoms with Gasteiger partial charge in [-0.15, -0.1) is 0 Å². The van der Waals surface area contributed by atoms with E-state index >= 15 is 0 Å². The van der Waals surface area contributed by atoms with Crippen LogP contribution in [0.1, 0.15) is 10.5 Å². The number of hydrogen-bond donors (Lipinski definition) is 1. The fraction of sp³-hybridized carbons (Fsp3) is 0.267. The highest BCUT2D eigenvalue weighted by Gasteiger charge is 2.14. The lowest BCUT2D eigenvalue weighted by atomic mass is 10.3. The fourth-order valence-electron chi connectivity index (χ4n) is 2.16. The molecule has 1 fully saturated rings. The van der Waals surface area contributed by atoms with E-state index in [2.05, 4.69) is 15.3 Å². The van der Waals surface area contributed by atoms with Crippen molar-refractivity contribution in [2.75, 3.05) is 36.5 Å². The zero-order valence-electron chi connectivity index (χ0n) is 11.8. The number of morpholine rings is 1. The highest BCUT2D eigenvalue weighted by molar-refractivity contribution is 6.02. The van der Waals surface area contributed by atoms with Crippen molar-refractivity contribution in [3.63, 3.8) is 0 Å². The standard InChI is InChI=1S/C15H15FN4O2/c16-11-2-1-3-12(8-11)19-15(21)13-9-18-14(10-17-13)20-4-6-22-7-5-20/h1-3,8-10H,4-7H2,(H,19,21). The van der Waals surface area contributed by atoms with Crippen LogP contribution in [0, 0.1) is 5.82 Å². The first-order valence-electron chi connectivity index (χ1n) is 6.94. The Labute approximate surface area is 126 Å². The quantitative estimate of drug-likeness (QED) is 0.935. The van der Waals surface area contributed by atoms with Crippen LogP contribution in [0.15, 0.2) is 36.7 Å². The summed E-state index contributed by atoms with van der Waals surface area (Å²) in [5, 5.41) is 2.58. The van der Waals surface area contributed by atoms with Crippen LogP contribution in [0.25, 0.3) is 0 Å². The molecule has 1 saturated heterocycles. The molecule has 0 atom stereocenters. The molecular weight excluding hydrogens is 287 g/mol. The number of nitrogens with zero attached hydrogens (tertiary/aromatic N) is 3. The van der Waals surface area contributed by atoms with Gasteiger partial charge in [-0.2, -0.15) is 0 Å². The van der Waals surface area contributed by atoms with Crippen LogP contribution in [0.4, 0.5) is 15.9 Å². The number of hydrogen-bond acceptors (Lipinski definition) is 5. The minimum atomic E-state index is -0.424. The molecule has 0 unspecified atom stereocenters. The second-order valence-electron chi connectivity index (χ2n) is 4.82. The van der Waals surface area contributed by atoms with E-state index in [9.17, 15) is 9.18 Å². The lowest BCUT2D eigenvalue weighted by Gasteiger charge is -2.27. The molecule has 114 valence electrons. The van der Waals surface area contributed by atoms with Gasteiger partial charge in [-0.1, -0.05) is 6.07 Å². The van der Waals surface area contributed by atoms with Crippen molar-refractivity contribution < 1.29 is 13.9 Å². The van der Waals surface area contributed by atoms with Crippen LogP contribution in [-0.2, 0) is 4.74 Å². The van der Waals surface area contributed by atoms with Gasteiger partial charge in [0.1, 0.15) is 17.3 Å². The molecule has 1 N–H and O–H groups in total. The first-order chi connectivity index (χ1) is 10.7. The Bertz CT molecular complexity index is 657. The van der Waals surface area contributed by atoms with Gasteiger partial charge in [0.05, 0.1) is 25.6 Å². The highest BCUT2D eigenvalue weighted by atomic mass is 19.1. The van der Waals surface area contributed by atoms with Crippen LogP contribution in [0.5, 0.6) is 0 Å². The average molecular weight is 302 g/mol. The summed E-state index contributed by atoms with van der Waals surface area (Å²) in [4.78, 5) is 22.5. The molecule has 0 aliphatic carbocycles. The third-order valence-electron chi connectivity index (χ3n) is 3.29. The number of ether oxygens (including phenoxy) is 1. The number of carbonyl (C=O) groups is 1. The van der Waals surface area contributed by atoms with E-state index in [0.29, 0.717) is 24.7 Å².